The van der Waals surface area contributed by atoms with Crippen molar-refractivity contribution >= 4 is 23.1 Å². The predicted octanol–water partition coefficient (Wildman–Crippen LogP) is 5.16. The van der Waals surface area contributed by atoms with Crippen molar-refractivity contribution in [3.63, 3.8) is 0 Å². The van der Waals surface area contributed by atoms with Crippen LogP contribution < -0.4 is 20.1 Å². The molecule has 7 nitrogen and oxygen atoms in total. The molecule has 1 aromatic heterocycles. The van der Waals surface area contributed by atoms with Crippen LogP contribution in [0.3, 0.4) is 0 Å². The van der Waals surface area contributed by atoms with E-state index in [1.54, 1.807) is 44.6 Å². The Balaban J connectivity index is 1.45. The smallest absolute Gasteiger partial charge is 0.255 e. The van der Waals surface area contributed by atoms with Gasteiger partial charge in [0.25, 0.3) is 5.91 Å². The molecule has 0 saturated carbocycles. The Hall–Kier alpha value is -4.39. The lowest BCUT2D eigenvalue weighted by molar-refractivity contribution is 0.102. The lowest BCUT2D eigenvalue weighted by Gasteiger charge is -2.11. The fourth-order valence-electron chi connectivity index (χ4n) is 3.13. The van der Waals surface area contributed by atoms with E-state index in [1.165, 1.54) is 6.33 Å². The summed E-state index contributed by atoms with van der Waals surface area (Å²) in [5, 5.41) is 6.11. The van der Waals surface area contributed by atoms with Crippen molar-refractivity contribution in [3.8, 4) is 22.8 Å². The Morgan fingerprint density at radius 2 is 1.47 bits per heavy atom. The molecule has 0 unspecified atom stereocenters. The van der Waals surface area contributed by atoms with Crippen LogP contribution in [0, 0.1) is 0 Å². The molecule has 1 heterocycles. The lowest BCUT2D eigenvalue weighted by atomic mass is 10.1. The minimum atomic E-state index is -0.236. The zero-order valence-electron chi connectivity index (χ0n) is 17.7. The van der Waals surface area contributed by atoms with Crippen molar-refractivity contribution < 1.29 is 14.3 Å². The number of carbonyl (C=O) groups is 1. The van der Waals surface area contributed by atoms with Gasteiger partial charge in [0.05, 0.1) is 19.9 Å². The number of methoxy groups -OCH3 is 2. The minimum absolute atomic E-state index is 0.236. The normalized spacial score (nSPS) is 10.3. The first-order valence-corrected chi connectivity index (χ1v) is 9.93. The number of amides is 1. The summed E-state index contributed by atoms with van der Waals surface area (Å²) in [6.07, 6.45) is 1.52. The van der Waals surface area contributed by atoms with Crippen LogP contribution in [0.25, 0.3) is 11.3 Å². The van der Waals surface area contributed by atoms with E-state index in [1.807, 2.05) is 48.5 Å². The van der Waals surface area contributed by atoms with Crippen LogP contribution in [0.2, 0.25) is 0 Å². The van der Waals surface area contributed by atoms with Gasteiger partial charge in [0, 0.05) is 46.8 Å². The number of benzene rings is 3. The van der Waals surface area contributed by atoms with Gasteiger partial charge in [-0.15, -0.1) is 0 Å². The first-order valence-electron chi connectivity index (χ1n) is 9.93. The number of anilines is 3. The third-order valence-electron chi connectivity index (χ3n) is 4.77. The van der Waals surface area contributed by atoms with E-state index in [-0.39, 0.29) is 5.91 Å². The largest absolute Gasteiger partial charge is 0.497 e. The highest BCUT2D eigenvalue weighted by Gasteiger charge is 2.09. The first kappa shape index (κ1) is 20.9. The van der Waals surface area contributed by atoms with Gasteiger partial charge < -0.3 is 20.1 Å². The lowest BCUT2D eigenvalue weighted by Crippen LogP contribution is -2.12. The Labute approximate surface area is 186 Å². The molecule has 0 radical (unpaired) electrons. The summed E-state index contributed by atoms with van der Waals surface area (Å²) < 4.78 is 10.5. The molecular formula is C25H22N4O3. The summed E-state index contributed by atoms with van der Waals surface area (Å²) in [4.78, 5) is 21.3. The van der Waals surface area contributed by atoms with Crippen LogP contribution in [-0.4, -0.2) is 30.1 Å². The molecule has 0 spiro atoms. The molecule has 7 heteroatoms. The van der Waals surface area contributed by atoms with Gasteiger partial charge in [-0.3, -0.25) is 4.79 Å². The second-order valence-electron chi connectivity index (χ2n) is 6.91. The van der Waals surface area contributed by atoms with Crippen LogP contribution in [0.15, 0.2) is 85.2 Å². The summed E-state index contributed by atoms with van der Waals surface area (Å²) in [6, 6.07) is 24.1. The van der Waals surface area contributed by atoms with Crippen LogP contribution >= 0.6 is 0 Å². The van der Waals surface area contributed by atoms with Crippen LogP contribution in [0.4, 0.5) is 17.2 Å². The molecule has 4 aromatic rings. The maximum Gasteiger partial charge on any atom is 0.255 e. The predicted molar refractivity (Wildman–Crippen MR) is 125 cm³/mol. The van der Waals surface area contributed by atoms with Crippen LogP contribution in [-0.2, 0) is 0 Å². The van der Waals surface area contributed by atoms with Crippen LogP contribution in [0.1, 0.15) is 10.4 Å². The fourth-order valence-corrected chi connectivity index (χ4v) is 3.13. The average Bonchev–Trinajstić information content (AvgIpc) is 2.85. The molecule has 1 amide bonds. The number of hydrogen-bond donors (Lipinski definition) is 2. The highest BCUT2D eigenvalue weighted by atomic mass is 16.5. The molecule has 0 aliphatic carbocycles. The van der Waals surface area contributed by atoms with Crippen molar-refractivity contribution in [3.05, 3.63) is 90.8 Å². The zero-order chi connectivity index (χ0) is 22.3. The van der Waals surface area contributed by atoms with Crippen molar-refractivity contribution in [2.45, 2.75) is 0 Å². The van der Waals surface area contributed by atoms with E-state index in [0.29, 0.717) is 28.6 Å². The summed E-state index contributed by atoms with van der Waals surface area (Å²) in [5.74, 6) is 1.62. The topological polar surface area (TPSA) is 85.4 Å². The van der Waals surface area contributed by atoms with Gasteiger partial charge in [-0.2, -0.15) is 0 Å². The maximum absolute atomic E-state index is 12.7. The molecule has 4 rings (SSSR count). The minimum Gasteiger partial charge on any atom is -0.497 e. The van der Waals surface area contributed by atoms with E-state index in [0.717, 1.165) is 16.9 Å². The molecule has 0 atom stereocenters. The van der Waals surface area contributed by atoms with E-state index >= 15 is 0 Å². The highest BCUT2D eigenvalue weighted by Crippen LogP contribution is 2.26. The van der Waals surface area contributed by atoms with Crippen molar-refractivity contribution in [2.24, 2.45) is 0 Å². The summed E-state index contributed by atoms with van der Waals surface area (Å²) >= 11 is 0. The number of nitrogens with one attached hydrogen (secondary N) is 2. The molecule has 0 bridgehead atoms. The van der Waals surface area contributed by atoms with Gasteiger partial charge in [0.15, 0.2) is 0 Å². The monoisotopic (exact) mass is 426 g/mol. The fraction of sp³-hybridized carbons (Fsp3) is 0.0800. The van der Waals surface area contributed by atoms with E-state index in [9.17, 15) is 4.79 Å². The first-order chi connectivity index (χ1) is 15.6. The number of rotatable bonds is 7. The molecule has 160 valence electrons. The standard InChI is InChI=1S/C25H22N4O3/c1-31-21-12-20(13-22(14-21)32-2)29-25(30)18-8-10-19(11-9-18)28-24-15-23(26-16-27-24)17-6-4-3-5-7-17/h3-16H,1-2H3,(H,29,30)(H,26,27,28). The third kappa shape index (κ3) is 5.02. The van der Waals surface area contributed by atoms with E-state index < -0.39 is 0 Å². The number of aromatic nitrogens is 2. The maximum atomic E-state index is 12.7. The number of ether oxygens (including phenoxy) is 2. The van der Waals surface area contributed by atoms with Gasteiger partial charge in [0.1, 0.15) is 23.6 Å². The third-order valence-corrected chi connectivity index (χ3v) is 4.77. The molecule has 0 saturated heterocycles. The molecule has 2 N–H and O–H groups in total. The van der Waals surface area contributed by atoms with Crippen molar-refractivity contribution in [1.29, 1.82) is 0 Å². The SMILES string of the molecule is COc1cc(NC(=O)c2ccc(Nc3cc(-c4ccccc4)ncn3)cc2)cc(OC)c1. The average molecular weight is 426 g/mol. The zero-order valence-corrected chi connectivity index (χ0v) is 17.7. The summed E-state index contributed by atoms with van der Waals surface area (Å²) in [7, 11) is 3.12. The molecule has 32 heavy (non-hydrogen) atoms. The second-order valence-corrected chi connectivity index (χ2v) is 6.91. The molecule has 3 aromatic carbocycles. The Kier molecular flexibility index (Phi) is 6.27. The van der Waals surface area contributed by atoms with Crippen LogP contribution in [0.5, 0.6) is 11.5 Å². The molecule has 0 aliphatic rings. The van der Waals surface area contributed by atoms with Gasteiger partial charge in [-0.25, -0.2) is 9.97 Å². The Bertz CT molecular complexity index is 1190. The Morgan fingerprint density at radius 1 is 0.781 bits per heavy atom. The molecule has 0 fully saturated rings. The van der Waals surface area contributed by atoms with Gasteiger partial charge in [-0.1, -0.05) is 30.3 Å². The van der Waals surface area contributed by atoms with Crippen molar-refractivity contribution in [1.82, 2.24) is 9.97 Å². The quantitative estimate of drug-likeness (QED) is 0.425. The van der Waals surface area contributed by atoms with Gasteiger partial charge in [0.2, 0.25) is 0 Å². The molecule has 0 aliphatic heterocycles. The highest BCUT2D eigenvalue weighted by molar-refractivity contribution is 6.04. The number of carbonyl (C=O) groups excluding carboxylic acids is 1. The Morgan fingerprint density at radius 3 is 2.12 bits per heavy atom. The van der Waals surface area contributed by atoms with E-state index in [2.05, 4.69) is 20.6 Å². The van der Waals surface area contributed by atoms with Crippen molar-refractivity contribution in [2.75, 3.05) is 24.9 Å². The van der Waals surface area contributed by atoms with Gasteiger partial charge in [-0.05, 0) is 24.3 Å². The number of nitrogens with zero attached hydrogens (tertiary/aromatic N) is 2. The van der Waals surface area contributed by atoms with E-state index in [4.69, 9.17) is 9.47 Å². The summed E-state index contributed by atoms with van der Waals surface area (Å²) in [6.45, 7) is 0. The summed E-state index contributed by atoms with van der Waals surface area (Å²) in [5.41, 5.74) is 3.75. The second kappa shape index (κ2) is 9.61. The number of hydrogen-bond acceptors (Lipinski definition) is 6. The molecular weight excluding hydrogens is 404 g/mol. The van der Waals surface area contributed by atoms with Gasteiger partial charge >= 0.3 is 0 Å².